The summed E-state index contributed by atoms with van der Waals surface area (Å²) in [5.41, 5.74) is 2.86. The van der Waals surface area contributed by atoms with Gasteiger partial charge in [-0.3, -0.25) is 19.5 Å². The molecule has 6 heteroatoms. The van der Waals surface area contributed by atoms with Crippen molar-refractivity contribution >= 4 is 11.8 Å². The molecule has 0 aliphatic carbocycles. The Hall–Kier alpha value is -2.73. The van der Waals surface area contributed by atoms with Crippen LogP contribution in [0.3, 0.4) is 0 Å². The summed E-state index contributed by atoms with van der Waals surface area (Å²) in [4.78, 5) is 36.7. The molecule has 0 saturated carbocycles. The number of benzene rings is 1. The molecule has 2 aliphatic rings. The lowest BCUT2D eigenvalue weighted by Crippen LogP contribution is -2.45. The monoisotopic (exact) mass is 420 g/mol. The number of aryl methyl sites for hydroxylation is 1. The summed E-state index contributed by atoms with van der Waals surface area (Å²) < 4.78 is 0. The van der Waals surface area contributed by atoms with E-state index >= 15 is 0 Å². The van der Waals surface area contributed by atoms with Crippen molar-refractivity contribution in [2.75, 3.05) is 39.3 Å². The van der Waals surface area contributed by atoms with Crippen LogP contribution >= 0.6 is 0 Å². The average molecular weight is 421 g/mol. The zero-order chi connectivity index (χ0) is 21.6. The molecule has 1 aromatic heterocycles. The van der Waals surface area contributed by atoms with E-state index in [1.54, 1.807) is 0 Å². The highest BCUT2D eigenvalue weighted by molar-refractivity contribution is 5.94. The van der Waals surface area contributed by atoms with Gasteiger partial charge in [0.25, 0.3) is 5.91 Å². The van der Waals surface area contributed by atoms with Gasteiger partial charge < -0.3 is 9.80 Å². The Balaban J connectivity index is 1.27. The summed E-state index contributed by atoms with van der Waals surface area (Å²) >= 11 is 0. The van der Waals surface area contributed by atoms with Crippen LogP contribution in [0.5, 0.6) is 0 Å². The van der Waals surface area contributed by atoms with E-state index in [9.17, 15) is 9.59 Å². The minimum Gasteiger partial charge on any atom is -0.341 e. The Morgan fingerprint density at radius 3 is 2.39 bits per heavy atom. The van der Waals surface area contributed by atoms with Crippen molar-refractivity contribution in [2.24, 2.45) is 5.92 Å². The van der Waals surface area contributed by atoms with Crippen molar-refractivity contribution in [1.82, 2.24) is 19.7 Å². The van der Waals surface area contributed by atoms with E-state index in [4.69, 9.17) is 0 Å². The second-order valence-electron chi connectivity index (χ2n) is 8.66. The molecular formula is C25H32N4O2. The van der Waals surface area contributed by atoms with E-state index in [0.29, 0.717) is 13.1 Å². The smallest absolute Gasteiger partial charge is 0.253 e. The van der Waals surface area contributed by atoms with Gasteiger partial charge in [-0.2, -0.15) is 0 Å². The first-order valence-corrected chi connectivity index (χ1v) is 11.4. The zero-order valence-electron chi connectivity index (χ0n) is 18.4. The lowest BCUT2D eigenvalue weighted by atomic mass is 9.94. The van der Waals surface area contributed by atoms with Crippen LogP contribution in [0.25, 0.3) is 0 Å². The van der Waals surface area contributed by atoms with Crippen LogP contribution in [0.15, 0.2) is 48.5 Å². The van der Waals surface area contributed by atoms with Gasteiger partial charge in [-0.25, -0.2) is 0 Å². The summed E-state index contributed by atoms with van der Waals surface area (Å²) in [6, 6.07) is 15.6. The predicted molar refractivity (Wildman–Crippen MR) is 121 cm³/mol. The lowest BCUT2D eigenvalue weighted by Gasteiger charge is -2.34. The highest BCUT2D eigenvalue weighted by Gasteiger charge is 2.31. The summed E-state index contributed by atoms with van der Waals surface area (Å²) in [5.74, 6) is 0.369. The molecule has 0 N–H and O–H groups in total. The van der Waals surface area contributed by atoms with E-state index in [-0.39, 0.29) is 17.7 Å². The minimum absolute atomic E-state index is 0.0322. The number of hydrogen-bond acceptors (Lipinski definition) is 4. The second-order valence-corrected chi connectivity index (χ2v) is 8.66. The number of hydrogen-bond donors (Lipinski definition) is 0. The van der Waals surface area contributed by atoms with Crippen LogP contribution in [0, 0.1) is 12.8 Å². The highest BCUT2D eigenvalue weighted by Crippen LogP contribution is 2.22. The number of pyridine rings is 1. The third-order valence-corrected chi connectivity index (χ3v) is 6.38. The number of carbonyl (C=O) groups excluding carboxylic acids is 2. The van der Waals surface area contributed by atoms with Gasteiger partial charge in [0.15, 0.2) is 0 Å². The molecular weight excluding hydrogens is 388 g/mol. The number of aromatic nitrogens is 1. The summed E-state index contributed by atoms with van der Waals surface area (Å²) in [5, 5.41) is 0. The topological polar surface area (TPSA) is 56.8 Å². The maximum absolute atomic E-state index is 13.2. The number of nitrogens with zero attached hydrogens (tertiary/aromatic N) is 4. The van der Waals surface area contributed by atoms with Crippen LogP contribution in [0.4, 0.5) is 0 Å². The molecule has 0 spiro atoms. The number of amides is 2. The molecule has 1 aromatic carbocycles. The van der Waals surface area contributed by atoms with E-state index in [1.807, 2.05) is 53.1 Å². The number of rotatable bonds is 4. The van der Waals surface area contributed by atoms with E-state index in [0.717, 1.165) is 68.9 Å². The van der Waals surface area contributed by atoms with Gasteiger partial charge in [0.1, 0.15) is 0 Å². The molecule has 31 heavy (non-hydrogen) atoms. The van der Waals surface area contributed by atoms with E-state index in [1.165, 1.54) is 0 Å². The third-order valence-electron chi connectivity index (χ3n) is 6.38. The van der Waals surface area contributed by atoms with E-state index in [2.05, 4.69) is 22.0 Å². The molecule has 2 fully saturated rings. The second kappa shape index (κ2) is 10.1. The number of carbonyl (C=O) groups is 2. The zero-order valence-corrected chi connectivity index (χ0v) is 18.4. The molecule has 0 radical (unpaired) electrons. The predicted octanol–water partition coefficient (Wildman–Crippen LogP) is 2.98. The van der Waals surface area contributed by atoms with Crippen molar-refractivity contribution in [3.63, 3.8) is 0 Å². The standard InChI is InChI=1S/C25H32N4O2/c1-20-7-5-10-23(26-20)19-27-13-6-14-28(18-17-27)25(31)22-11-15-29(16-12-22)24(30)21-8-3-2-4-9-21/h2-5,7-10,22H,6,11-19H2,1H3. The fourth-order valence-corrected chi connectivity index (χ4v) is 4.62. The Morgan fingerprint density at radius 2 is 1.65 bits per heavy atom. The summed E-state index contributed by atoms with van der Waals surface area (Å²) in [7, 11) is 0. The SMILES string of the molecule is Cc1cccc(CN2CCCN(C(=O)C3CCN(C(=O)c4ccccc4)CC3)CC2)n1. The molecule has 2 aliphatic heterocycles. The fourth-order valence-electron chi connectivity index (χ4n) is 4.62. The molecule has 3 heterocycles. The quantitative estimate of drug-likeness (QED) is 0.763. The number of piperidine rings is 1. The minimum atomic E-state index is 0.0322. The first kappa shape index (κ1) is 21.5. The molecule has 6 nitrogen and oxygen atoms in total. The first-order chi connectivity index (χ1) is 15.1. The van der Waals surface area contributed by atoms with Crippen LogP contribution < -0.4 is 0 Å². The Kier molecular flexibility index (Phi) is 6.97. The van der Waals surface area contributed by atoms with Gasteiger partial charge in [0.2, 0.25) is 5.91 Å². The average Bonchev–Trinajstić information content (AvgIpc) is 3.04. The summed E-state index contributed by atoms with van der Waals surface area (Å²) in [6.45, 7) is 7.63. The molecule has 2 aromatic rings. The molecule has 2 saturated heterocycles. The van der Waals surface area contributed by atoms with Crippen molar-refractivity contribution in [3.05, 3.63) is 65.5 Å². The fraction of sp³-hybridized carbons (Fsp3) is 0.480. The van der Waals surface area contributed by atoms with Gasteiger partial charge in [0.05, 0.1) is 5.69 Å². The number of likely N-dealkylation sites (tertiary alicyclic amines) is 1. The first-order valence-electron chi connectivity index (χ1n) is 11.4. The summed E-state index contributed by atoms with van der Waals surface area (Å²) in [6.07, 6.45) is 2.50. The van der Waals surface area contributed by atoms with Gasteiger partial charge in [0, 0.05) is 63.0 Å². The Labute approximate surface area is 184 Å². The van der Waals surface area contributed by atoms with Crippen molar-refractivity contribution in [1.29, 1.82) is 0 Å². The van der Waals surface area contributed by atoms with Gasteiger partial charge in [-0.1, -0.05) is 24.3 Å². The van der Waals surface area contributed by atoms with E-state index < -0.39 is 0 Å². The lowest BCUT2D eigenvalue weighted by molar-refractivity contribution is -0.136. The van der Waals surface area contributed by atoms with Gasteiger partial charge in [-0.15, -0.1) is 0 Å². The Morgan fingerprint density at radius 1 is 0.871 bits per heavy atom. The van der Waals surface area contributed by atoms with Gasteiger partial charge >= 0.3 is 0 Å². The van der Waals surface area contributed by atoms with Crippen molar-refractivity contribution < 1.29 is 9.59 Å². The third kappa shape index (κ3) is 5.50. The van der Waals surface area contributed by atoms with Crippen LogP contribution in [-0.2, 0) is 11.3 Å². The molecule has 0 atom stereocenters. The maximum Gasteiger partial charge on any atom is 0.253 e. The molecule has 0 bridgehead atoms. The molecule has 2 amide bonds. The van der Waals surface area contributed by atoms with Crippen LogP contribution in [0.1, 0.15) is 41.0 Å². The molecule has 0 unspecified atom stereocenters. The van der Waals surface area contributed by atoms with Crippen LogP contribution in [-0.4, -0.2) is 70.8 Å². The molecule has 164 valence electrons. The highest BCUT2D eigenvalue weighted by atomic mass is 16.2. The van der Waals surface area contributed by atoms with Gasteiger partial charge in [-0.05, 0) is 50.5 Å². The van der Waals surface area contributed by atoms with Crippen molar-refractivity contribution in [2.45, 2.75) is 32.7 Å². The molecule has 4 rings (SSSR count). The Bertz CT molecular complexity index is 893. The van der Waals surface area contributed by atoms with Crippen molar-refractivity contribution in [3.8, 4) is 0 Å². The normalized spacial score (nSPS) is 18.6. The largest absolute Gasteiger partial charge is 0.341 e. The van der Waals surface area contributed by atoms with Crippen LogP contribution in [0.2, 0.25) is 0 Å². The maximum atomic E-state index is 13.2.